The maximum absolute atomic E-state index is 6.42. The van der Waals surface area contributed by atoms with Crippen LogP contribution in [0.15, 0.2) is 180 Å². The molecule has 0 saturated carbocycles. The Kier molecular flexibility index (Phi) is 6.39. The van der Waals surface area contributed by atoms with Crippen LogP contribution in [0.3, 0.4) is 0 Å². The van der Waals surface area contributed by atoms with E-state index in [2.05, 4.69) is 169 Å². The fraction of sp³-hybridized carbons (Fsp3) is 0. The van der Waals surface area contributed by atoms with Crippen molar-refractivity contribution in [2.45, 2.75) is 0 Å². The van der Waals surface area contributed by atoms with Gasteiger partial charge in [0.1, 0.15) is 11.2 Å². The molecule has 0 fully saturated rings. The van der Waals surface area contributed by atoms with Crippen LogP contribution in [0.25, 0.3) is 75.1 Å². The number of rotatable bonds is 5. The molecule has 2 aromatic heterocycles. The standard InChI is InChI=1S/C46H29NOS/c1-2-15-35-30(11-1)12-10-19-36(35)31-13-9-14-32(27-31)37-16-3-6-20-42(37)47(33-24-26-46-41(28-33)40-18-5-8-22-45(40)49-46)34-23-25-39-38-17-4-7-21-43(38)48-44(39)29-34/h1-29H. The molecule has 3 heteroatoms. The van der Waals surface area contributed by atoms with Gasteiger partial charge in [-0.15, -0.1) is 11.3 Å². The van der Waals surface area contributed by atoms with E-state index < -0.39 is 0 Å². The van der Waals surface area contributed by atoms with Crippen molar-refractivity contribution in [3.05, 3.63) is 176 Å². The summed E-state index contributed by atoms with van der Waals surface area (Å²) in [5.41, 5.74) is 9.78. The van der Waals surface area contributed by atoms with E-state index in [-0.39, 0.29) is 0 Å². The summed E-state index contributed by atoms with van der Waals surface area (Å²) in [5, 5.41) is 7.31. The summed E-state index contributed by atoms with van der Waals surface area (Å²) in [6, 6.07) is 63.3. The third-order valence-corrected chi connectivity index (χ3v) is 10.8. The number of fused-ring (bicyclic) bond motifs is 7. The summed E-state index contributed by atoms with van der Waals surface area (Å²) < 4.78 is 9.01. The Balaban J connectivity index is 1.19. The molecule has 0 saturated heterocycles. The number of furan rings is 1. The number of nitrogens with zero attached hydrogens (tertiary/aromatic N) is 1. The first-order chi connectivity index (χ1) is 24.3. The van der Waals surface area contributed by atoms with Crippen LogP contribution in [0.1, 0.15) is 0 Å². The molecule has 2 heterocycles. The summed E-state index contributed by atoms with van der Waals surface area (Å²) in [6.45, 7) is 0. The van der Waals surface area contributed by atoms with Crippen LogP contribution in [0.5, 0.6) is 0 Å². The third kappa shape index (κ3) is 4.62. The summed E-state index contributed by atoms with van der Waals surface area (Å²) in [7, 11) is 0. The maximum atomic E-state index is 6.42. The summed E-state index contributed by atoms with van der Waals surface area (Å²) in [4.78, 5) is 2.39. The van der Waals surface area contributed by atoms with Gasteiger partial charge in [0.15, 0.2) is 0 Å². The van der Waals surface area contributed by atoms with E-state index >= 15 is 0 Å². The molecule has 0 atom stereocenters. The zero-order chi connectivity index (χ0) is 32.3. The van der Waals surface area contributed by atoms with Crippen LogP contribution < -0.4 is 4.90 Å². The van der Waals surface area contributed by atoms with Gasteiger partial charge in [-0.3, -0.25) is 0 Å². The van der Waals surface area contributed by atoms with Crippen molar-refractivity contribution < 1.29 is 4.42 Å². The average molecular weight is 644 g/mol. The van der Waals surface area contributed by atoms with Gasteiger partial charge in [-0.05, 0) is 82.1 Å². The molecule has 10 rings (SSSR count). The van der Waals surface area contributed by atoms with Crippen molar-refractivity contribution in [1.82, 2.24) is 0 Å². The molecule has 0 unspecified atom stereocenters. The predicted molar refractivity (Wildman–Crippen MR) is 210 cm³/mol. The zero-order valence-electron chi connectivity index (χ0n) is 26.5. The lowest BCUT2D eigenvalue weighted by atomic mass is 9.94. The lowest BCUT2D eigenvalue weighted by molar-refractivity contribution is 0.669. The van der Waals surface area contributed by atoms with Crippen molar-refractivity contribution in [3.8, 4) is 22.3 Å². The first kappa shape index (κ1) is 27.9. The van der Waals surface area contributed by atoms with E-state index in [0.29, 0.717) is 0 Å². The van der Waals surface area contributed by atoms with E-state index in [9.17, 15) is 0 Å². The van der Waals surface area contributed by atoms with Crippen molar-refractivity contribution in [3.63, 3.8) is 0 Å². The van der Waals surface area contributed by atoms with E-state index in [1.54, 1.807) is 0 Å². The minimum atomic E-state index is 0.876. The van der Waals surface area contributed by atoms with E-state index in [1.807, 2.05) is 23.5 Å². The SMILES string of the molecule is c1cc(-c2ccccc2N(c2ccc3c(c2)oc2ccccc23)c2ccc3sc4ccccc4c3c2)cc(-c2cccc3ccccc23)c1. The Labute approximate surface area is 287 Å². The summed E-state index contributed by atoms with van der Waals surface area (Å²) in [6.07, 6.45) is 0. The summed E-state index contributed by atoms with van der Waals surface area (Å²) in [5.74, 6) is 0. The van der Waals surface area contributed by atoms with Gasteiger partial charge in [0.25, 0.3) is 0 Å². The fourth-order valence-corrected chi connectivity index (χ4v) is 8.46. The molecular formula is C46H29NOS. The molecule has 0 amide bonds. The quantitative estimate of drug-likeness (QED) is 0.186. The molecule has 0 aliphatic heterocycles. The normalized spacial score (nSPS) is 11.7. The molecule has 0 spiro atoms. The number of para-hydroxylation sites is 2. The molecule has 49 heavy (non-hydrogen) atoms. The number of hydrogen-bond donors (Lipinski definition) is 0. The largest absolute Gasteiger partial charge is 0.456 e. The second-order valence-corrected chi connectivity index (χ2v) is 13.6. The van der Waals surface area contributed by atoms with Crippen molar-refractivity contribution >= 4 is 81.3 Å². The molecule has 0 radical (unpaired) electrons. The number of hydrogen-bond acceptors (Lipinski definition) is 3. The smallest absolute Gasteiger partial charge is 0.137 e. The minimum absolute atomic E-state index is 0.876. The topological polar surface area (TPSA) is 16.4 Å². The first-order valence-electron chi connectivity index (χ1n) is 16.6. The Morgan fingerprint density at radius 2 is 1.02 bits per heavy atom. The van der Waals surface area contributed by atoms with Crippen molar-refractivity contribution in [2.24, 2.45) is 0 Å². The maximum Gasteiger partial charge on any atom is 0.137 e. The number of anilines is 3. The number of thiophene rings is 1. The van der Waals surface area contributed by atoms with Crippen molar-refractivity contribution in [2.75, 3.05) is 4.90 Å². The molecule has 230 valence electrons. The molecule has 0 aliphatic rings. The van der Waals surface area contributed by atoms with Crippen LogP contribution in [0.4, 0.5) is 17.1 Å². The lowest BCUT2D eigenvalue weighted by Gasteiger charge is -2.28. The number of benzene rings is 8. The molecule has 10 aromatic rings. The molecule has 2 nitrogen and oxygen atoms in total. The molecule has 8 aromatic carbocycles. The van der Waals surface area contributed by atoms with Crippen LogP contribution >= 0.6 is 11.3 Å². The monoisotopic (exact) mass is 643 g/mol. The third-order valence-electron chi connectivity index (χ3n) is 9.66. The predicted octanol–water partition coefficient (Wildman–Crippen LogP) is 13.9. The van der Waals surface area contributed by atoms with Gasteiger partial charge in [0.05, 0.1) is 5.69 Å². The van der Waals surface area contributed by atoms with E-state index in [1.165, 1.54) is 42.1 Å². The van der Waals surface area contributed by atoms with Gasteiger partial charge in [-0.25, -0.2) is 0 Å². The Bertz CT molecular complexity index is 2850. The second kappa shape index (κ2) is 11.2. The molecule has 0 bridgehead atoms. The zero-order valence-corrected chi connectivity index (χ0v) is 27.3. The van der Waals surface area contributed by atoms with Crippen molar-refractivity contribution in [1.29, 1.82) is 0 Å². The van der Waals surface area contributed by atoms with Crippen LogP contribution in [0.2, 0.25) is 0 Å². The van der Waals surface area contributed by atoms with Gasteiger partial charge >= 0.3 is 0 Å². The van der Waals surface area contributed by atoms with Gasteiger partial charge in [0.2, 0.25) is 0 Å². The van der Waals surface area contributed by atoms with Gasteiger partial charge in [0, 0.05) is 53.9 Å². The van der Waals surface area contributed by atoms with Crippen LogP contribution in [0, 0.1) is 0 Å². The highest BCUT2D eigenvalue weighted by atomic mass is 32.1. The molecule has 0 aliphatic carbocycles. The Morgan fingerprint density at radius 1 is 0.388 bits per heavy atom. The highest BCUT2D eigenvalue weighted by Gasteiger charge is 2.20. The Hall–Kier alpha value is -6.16. The highest BCUT2D eigenvalue weighted by molar-refractivity contribution is 7.25. The Morgan fingerprint density at radius 3 is 1.96 bits per heavy atom. The van der Waals surface area contributed by atoms with Crippen LogP contribution in [-0.2, 0) is 0 Å². The fourth-order valence-electron chi connectivity index (χ4n) is 7.38. The highest BCUT2D eigenvalue weighted by Crippen LogP contribution is 2.45. The summed E-state index contributed by atoms with van der Waals surface area (Å²) >= 11 is 1.84. The van der Waals surface area contributed by atoms with Gasteiger partial charge < -0.3 is 9.32 Å². The van der Waals surface area contributed by atoms with E-state index in [0.717, 1.165) is 50.1 Å². The van der Waals surface area contributed by atoms with Gasteiger partial charge in [-0.1, -0.05) is 115 Å². The second-order valence-electron chi connectivity index (χ2n) is 12.5. The minimum Gasteiger partial charge on any atom is -0.456 e. The van der Waals surface area contributed by atoms with E-state index in [4.69, 9.17) is 4.42 Å². The van der Waals surface area contributed by atoms with Crippen LogP contribution in [-0.4, -0.2) is 0 Å². The molecule has 0 N–H and O–H groups in total. The average Bonchev–Trinajstić information content (AvgIpc) is 3.73. The van der Waals surface area contributed by atoms with Gasteiger partial charge in [-0.2, -0.15) is 0 Å². The first-order valence-corrected chi connectivity index (χ1v) is 17.4. The molecular weight excluding hydrogens is 615 g/mol. The lowest BCUT2D eigenvalue weighted by Crippen LogP contribution is -2.11.